The third-order valence-electron chi connectivity index (χ3n) is 4.61. The minimum Gasteiger partial charge on any atom is -0.493 e. The van der Waals surface area contributed by atoms with Crippen LogP contribution in [0, 0.1) is 5.82 Å². The van der Waals surface area contributed by atoms with E-state index in [2.05, 4.69) is 20.6 Å². The highest BCUT2D eigenvalue weighted by Crippen LogP contribution is 2.38. The van der Waals surface area contributed by atoms with Crippen molar-refractivity contribution in [1.82, 2.24) is 15.3 Å². The summed E-state index contributed by atoms with van der Waals surface area (Å²) < 4.78 is 14.5. The van der Waals surface area contributed by atoms with Gasteiger partial charge in [0.1, 0.15) is 5.82 Å². The molecule has 0 unspecified atom stereocenters. The molecule has 2 heterocycles. The van der Waals surface area contributed by atoms with Gasteiger partial charge in [-0.1, -0.05) is 11.6 Å². The van der Waals surface area contributed by atoms with E-state index in [-0.39, 0.29) is 29.2 Å². The summed E-state index contributed by atoms with van der Waals surface area (Å²) in [6.07, 6.45) is 2.90. The highest BCUT2D eigenvalue weighted by Gasteiger charge is 2.20. The van der Waals surface area contributed by atoms with Crippen molar-refractivity contribution >= 4 is 34.7 Å². The number of anilines is 3. The fourth-order valence-corrected chi connectivity index (χ4v) is 3.18. The summed E-state index contributed by atoms with van der Waals surface area (Å²) in [5.74, 6) is -1.01. The van der Waals surface area contributed by atoms with Crippen LogP contribution in [0.5, 0.6) is 5.88 Å². The topological polar surface area (TPSA) is 111 Å². The Labute approximate surface area is 189 Å². The molecule has 0 radical (unpaired) electrons. The van der Waals surface area contributed by atoms with E-state index in [4.69, 9.17) is 11.6 Å². The summed E-state index contributed by atoms with van der Waals surface area (Å²) in [6.45, 7) is 1.46. The molecular formula is C22H23ClFN5O3. The lowest BCUT2D eigenvalue weighted by molar-refractivity contribution is 0.0923. The molecule has 32 heavy (non-hydrogen) atoms. The number of carbonyl (C=O) groups is 1. The number of pyridine rings is 2. The van der Waals surface area contributed by atoms with Gasteiger partial charge in [0.25, 0.3) is 5.91 Å². The lowest BCUT2D eigenvalue weighted by Crippen LogP contribution is -2.35. The van der Waals surface area contributed by atoms with E-state index in [0.717, 1.165) is 0 Å². The Hall–Kier alpha value is -3.43. The predicted molar refractivity (Wildman–Crippen MR) is 122 cm³/mol. The molecule has 1 atom stereocenters. The van der Waals surface area contributed by atoms with E-state index in [0.29, 0.717) is 22.2 Å². The van der Waals surface area contributed by atoms with Crippen LogP contribution in [0.15, 0.2) is 42.7 Å². The van der Waals surface area contributed by atoms with Gasteiger partial charge < -0.3 is 25.7 Å². The van der Waals surface area contributed by atoms with Crippen LogP contribution in [-0.4, -0.2) is 52.8 Å². The maximum absolute atomic E-state index is 14.5. The summed E-state index contributed by atoms with van der Waals surface area (Å²) >= 11 is 6.02. The van der Waals surface area contributed by atoms with E-state index in [1.807, 2.05) is 0 Å². The molecule has 10 heteroatoms. The van der Waals surface area contributed by atoms with Crippen molar-refractivity contribution < 1.29 is 19.4 Å². The fourth-order valence-electron chi connectivity index (χ4n) is 3.01. The number of benzene rings is 1. The first-order valence-corrected chi connectivity index (χ1v) is 10.1. The van der Waals surface area contributed by atoms with E-state index >= 15 is 0 Å². The Morgan fingerprint density at radius 1 is 1.22 bits per heavy atom. The number of aromatic nitrogens is 2. The van der Waals surface area contributed by atoms with Gasteiger partial charge in [0.15, 0.2) is 5.82 Å². The van der Waals surface area contributed by atoms with Gasteiger partial charge in [-0.3, -0.25) is 9.78 Å². The lowest BCUT2D eigenvalue weighted by Gasteiger charge is -2.21. The highest BCUT2D eigenvalue weighted by molar-refractivity contribution is 6.30. The Morgan fingerprint density at radius 3 is 2.66 bits per heavy atom. The lowest BCUT2D eigenvalue weighted by atomic mass is 10.1. The molecular weight excluding hydrogens is 437 g/mol. The second-order valence-corrected chi connectivity index (χ2v) is 7.79. The molecule has 0 fully saturated rings. The molecule has 0 saturated carbocycles. The molecule has 1 aromatic carbocycles. The average Bonchev–Trinajstić information content (AvgIpc) is 2.76. The normalized spacial score (nSPS) is 11.7. The maximum Gasteiger partial charge on any atom is 0.255 e. The van der Waals surface area contributed by atoms with Gasteiger partial charge >= 0.3 is 0 Å². The van der Waals surface area contributed by atoms with Crippen LogP contribution in [0.1, 0.15) is 17.3 Å². The van der Waals surface area contributed by atoms with Crippen molar-refractivity contribution in [3.63, 3.8) is 0 Å². The zero-order chi connectivity index (χ0) is 23.4. The zero-order valence-electron chi connectivity index (χ0n) is 17.7. The third kappa shape index (κ3) is 5.06. The quantitative estimate of drug-likeness (QED) is 0.427. The van der Waals surface area contributed by atoms with Gasteiger partial charge in [-0.05, 0) is 37.3 Å². The molecule has 0 aliphatic rings. The van der Waals surface area contributed by atoms with E-state index in [1.165, 1.54) is 36.7 Å². The number of aromatic hydroxyl groups is 1. The van der Waals surface area contributed by atoms with Gasteiger partial charge in [-0.15, -0.1) is 0 Å². The van der Waals surface area contributed by atoms with Crippen molar-refractivity contribution in [3.05, 3.63) is 59.1 Å². The number of aliphatic hydroxyl groups excluding tert-OH is 1. The number of hydrogen-bond donors (Lipinski definition) is 4. The van der Waals surface area contributed by atoms with Crippen LogP contribution in [0.2, 0.25) is 5.02 Å². The molecule has 0 aliphatic heterocycles. The predicted octanol–water partition coefficient (Wildman–Crippen LogP) is 3.56. The third-order valence-corrected chi connectivity index (χ3v) is 4.85. The minimum absolute atomic E-state index is 0.0836. The molecule has 0 saturated heterocycles. The van der Waals surface area contributed by atoms with Crippen LogP contribution in [0.4, 0.5) is 21.6 Å². The molecule has 8 nitrogen and oxygen atoms in total. The standard InChI is InChI=1S/C22H23ClFN5O3/c1-12(11-30)26-22(32)16-10-25-7-6-18(16)27-19-9-15(21(31)28-20(19)29(2)3)14-8-13(23)4-5-17(14)24/h4-10,12,30H,11H2,1-3H3,(H,25,27)(H,26,32)(H,28,31)/t12-/m0/s1. The molecule has 3 rings (SSSR count). The first kappa shape index (κ1) is 23.2. The van der Waals surface area contributed by atoms with Crippen molar-refractivity contribution in [2.24, 2.45) is 0 Å². The molecule has 168 valence electrons. The van der Waals surface area contributed by atoms with Gasteiger partial charge in [0, 0.05) is 48.7 Å². The van der Waals surface area contributed by atoms with Gasteiger partial charge in [-0.2, -0.15) is 4.98 Å². The average molecular weight is 460 g/mol. The second-order valence-electron chi connectivity index (χ2n) is 7.35. The number of carbonyl (C=O) groups excluding carboxylic acids is 1. The minimum atomic E-state index is -0.572. The molecule has 2 aromatic heterocycles. The van der Waals surface area contributed by atoms with Crippen molar-refractivity contribution in [3.8, 4) is 17.0 Å². The van der Waals surface area contributed by atoms with E-state index < -0.39 is 17.8 Å². The van der Waals surface area contributed by atoms with Gasteiger partial charge in [-0.25, -0.2) is 4.39 Å². The first-order chi connectivity index (χ1) is 15.2. The maximum atomic E-state index is 14.5. The largest absolute Gasteiger partial charge is 0.493 e. The number of aliphatic hydroxyl groups is 1. The number of nitrogens with one attached hydrogen (secondary N) is 2. The SMILES string of the molecule is C[C@@H](CO)NC(=O)c1cnccc1Nc1cc(-c2cc(Cl)ccc2F)c(O)nc1N(C)C. The summed E-state index contributed by atoms with van der Waals surface area (Å²) in [5.41, 5.74) is 1.28. The molecule has 1 amide bonds. The first-order valence-electron chi connectivity index (χ1n) is 9.70. The van der Waals surface area contributed by atoms with Crippen molar-refractivity contribution in [2.75, 3.05) is 30.9 Å². The Morgan fingerprint density at radius 2 is 1.97 bits per heavy atom. The van der Waals surface area contributed by atoms with Gasteiger partial charge in [0.05, 0.1) is 23.5 Å². The smallest absolute Gasteiger partial charge is 0.255 e. The molecule has 3 aromatic rings. The van der Waals surface area contributed by atoms with E-state index in [1.54, 1.807) is 32.0 Å². The van der Waals surface area contributed by atoms with Crippen LogP contribution in [-0.2, 0) is 0 Å². The number of hydrogen-bond acceptors (Lipinski definition) is 7. The molecule has 4 N–H and O–H groups in total. The molecule has 0 spiro atoms. The molecule has 0 bridgehead atoms. The second kappa shape index (κ2) is 9.80. The zero-order valence-corrected chi connectivity index (χ0v) is 18.5. The summed E-state index contributed by atoms with van der Waals surface area (Å²) in [7, 11) is 3.46. The number of nitrogens with zero attached hydrogens (tertiary/aromatic N) is 3. The Kier molecular flexibility index (Phi) is 7.12. The number of rotatable bonds is 7. The summed E-state index contributed by atoms with van der Waals surface area (Å²) in [5, 5.41) is 25.8. The number of amides is 1. The van der Waals surface area contributed by atoms with Crippen molar-refractivity contribution in [2.45, 2.75) is 13.0 Å². The Bertz CT molecular complexity index is 1140. The van der Waals surface area contributed by atoms with Gasteiger partial charge in [0.2, 0.25) is 5.88 Å². The van der Waals surface area contributed by atoms with Crippen LogP contribution >= 0.6 is 11.6 Å². The Balaban J connectivity index is 2.09. The van der Waals surface area contributed by atoms with Crippen LogP contribution in [0.3, 0.4) is 0 Å². The number of halogens is 2. The van der Waals surface area contributed by atoms with Crippen LogP contribution < -0.4 is 15.5 Å². The fraction of sp³-hybridized carbons (Fsp3) is 0.227. The summed E-state index contributed by atoms with van der Waals surface area (Å²) in [6, 6.07) is 6.70. The highest BCUT2D eigenvalue weighted by atomic mass is 35.5. The van der Waals surface area contributed by atoms with Crippen molar-refractivity contribution in [1.29, 1.82) is 0 Å². The van der Waals surface area contributed by atoms with E-state index in [9.17, 15) is 19.4 Å². The summed E-state index contributed by atoms with van der Waals surface area (Å²) in [4.78, 5) is 22.5. The molecule has 0 aliphatic carbocycles. The monoisotopic (exact) mass is 459 g/mol. The van der Waals surface area contributed by atoms with Crippen LogP contribution in [0.25, 0.3) is 11.1 Å².